The van der Waals surface area contributed by atoms with Gasteiger partial charge in [-0.2, -0.15) is 5.10 Å². The van der Waals surface area contributed by atoms with Gasteiger partial charge < -0.3 is 19.9 Å². The Morgan fingerprint density at radius 3 is 3.14 bits per heavy atom. The molecule has 1 aliphatic carbocycles. The van der Waals surface area contributed by atoms with Crippen LogP contribution in [0.25, 0.3) is 0 Å². The van der Waals surface area contributed by atoms with Crippen LogP contribution in [0.15, 0.2) is 6.07 Å². The number of aliphatic hydroxyl groups is 1. The van der Waals surface area contributed by atoms with Crippen molar-refractivity contribution in [3.05, 3.63) is 17.5 Å². The molecule has 2 fully saturated rings. The minimum absolute atomic E-state index is 0.0257. The molecule has 1 saturated carbocycles. The lowest BCUT2D eigenvalue weighted by atomic mass is 10.1. The van der Waals surface area contributed by atoms with E-state index >= 15 is 0 Å². The summed E-state index contributed by atoms with van der Waals surface area (Å²) in [6.45, 7) is 1.27. The Hall–Kier alpha value is -1.44. The van der Waals surface area contributed by atoms with E-state index in [9.17, 15) is 4.79 Å². The summed E-state index contributed by atoms with van der Waals surface area (Å²) in [6.07, 6.45) is 2.91. The van der Waals surface area contributed by atoms with E-state index in [4.69, 9.17) is 14.6 Å². The van der Waals surface area contributed by atoms with Crippen LogP contribution < -0.4 is 5.32 Å². The van der Waals surface area contributed by atoms with E-state index in [0.29, 0.717) is 31.2 Å². The standard InChI is InChI=1S/C14H21N3O4/c18-4-6-21-13-3-5-20-8-12(13)15-14(19)11-7-10(16-17-11)9-1-2-9/h7,9,12-13,18H,1-6,8H2,(H,15,19)(H,16,17)/t12-,13+/m0/s1. The Labute approximate surface area is 123 Å². The topological polar surface area (TPSA) is 96.5 Å². The van der Waals surface area contributed by atoms with Crippen LogP contribution in [0.4, 0.5) is 0 Å². The third-order valence-corrected chi connectivity index (χ3v) is 3.88. The van der Waals surface area contributed by atoms with Crippen molar-refractivity contribution in [2.24, 2.45) is 0 Å². The molecule has 2 heterocycles. The lowest BCUT2D eigenvalue weighted by Gasteiger charge is -2.31. The van der Waals surface area contributed by atoms with Gasteiger partial charge in [0, 0.05) is 18.2 Å². The smallest absolute Gasteiger partial charge is 0.272 e. The number of amides is 1. The van der Waals surface area contributed by atoms with Gasteiger partial charge in [0.2, 0.25) is 0 Å². The summed E-state index contributed by atoms with van der Waals surface area (Å²) in [4.78, 5) is 12.2. The molecule has 0 spiro atoms. The van der Waals surface area contributed by atoms with Gasteiger partial charge >= 0.3 is 0 Å². The Bertz CT molecular complexity index is 486. The number of carbonyl (C=O) groups excluding carboxylic acids is 1. The monoisotopic (exact) mass is 295 g/mol. The molecule has 0 bridgehead atoms. The van der Waals surface area contributed by atoms with Crippen molar-refractivity contribution < 1.29 is 19.4 Å². The number of hydrogen-bond acceptors (Lipinski definition) is 5. The normalized spacial score (nSPS) is 25.8. The molecule has 116 valence electrons. The number of aromatic nitrogens is 2. The molecule has 1 amide bonds. The SMILES string of the molecule is O=C(N[C@H]1COCC[C@H]1OCCO)c1cc(C2CC2)[nH]n1. The molecule has 1 aliphatic heterocycles. The molecule has 2 atom stereocenters. The predicted octanol–water partition coefficient (Wildman–Crippen LogP) is 0.183. The Kier molecular flexibility index (Phi) is 4.52. The summed E-state index contributed by atoms with van der Waals surface area (Å²) in [7, 11) is 0. The zero-order chi connectivity index (χ0) is 14.7. The first-order chi connectivity index (χ1) is 10.3. The number of rotatable bonds is 6. The first-order valence-corrected chi connectivity index (χ1v) is 7.44. The third-order valence-electron chi connectivity index (χ3n) is 3.88. The van der Waals surface area contributed by atoms with Crippen LogP contribution in [0.3, 0.4) is 0 Å². The largest absolute Gasteiger partial charge is 0.394 e. The van der Waals surface area contributed by atoms with E-state index < -0.39 is 0 Å². The van der Waals surface area contributed by atoms with Gasteiger partial charge in [-0.1, -0.05) is 0 Å². The molecular weight excluding hydrogens is 274 g/mol. The number of H-pyrrole nitrogens is 1. The molecule has 3 N–H and O–H groups in total. The molecule has 1 aromatic rings. The summed E-state index contributed by atoms with van der Waals surface area (Å²) in [5, 5.41) is 18.8. The second-order valence-corrected chi connectivity index (χ2v) is 5.56. The summed E-state index contributed by atoms with van der Waals surface area (Å²) in [5.74, 6) is 0.323. The molecule has 0 unspecified atom stereocenters. The fourth-order valence-electron chi connectivity index (χ4n) is 2.56. The highest BCUT2D eigenvalue weighted by Crippen LogP contribution is 2.38. The van der Waals surface area contributed by atoms with E-state index in [-0.39, 0.29) is 31.3 Å². The van der Waals surface area contributed by atoms with Gasteiger partial charge in [-0.25, -0.2) is 0 Å². The van der Waals surface area contributed by atoms with Crippen molar-refractivity contribution in [3.8, 4) is 0 Å². The molecule has 1 aromatic heterocycles. The molecular formula is C14H21N3O4. The van der Waals surface area contributed by atoms with Crippen LogP contribution in [0.5, 0.6) is 0 Å². The summed E-state index contributed by atoms with van der Waals surface area (Å²) >= 11 is 0. The quantitative estimate of drug-likeness (QED) is 0.696. The van der Waals surface area contributed by atoms with Gasteiger partial charge in [-0.05, 0) is 25.3 Å². The highest BCUT2D eigenvalue weighted by molar-refractivity contribution is 5.92. The first-order valence-electron chi connectivity index (χ1n) is 7.44. The van der Waals surface area contributed by atoms with Gasteiger partial charge in [0.15, 0.2) is 0 Å². The molecule has 7 nitrogen and oxygen atoms in total. The number of nitrogens with zero attached hydrogens (tertiary/aromatic N) is 1. The molecule has 0 radical (unpaired) electrons. The van der Waals surface area contributed by atoms with E-state index in [2.05, 4.69) is 15.5 Å². The molecule has 21 heavy (non-hydrogen) atoms. The van der Waals surface area contributed by atoms with E-state index in [1.165, 1.54) is 0 Å². The van der Waals surface area contributed by atoms with Crippen molar-refractivity contribution in [1.82, 2.24) is 15.5 Å². The molecule has 7 heteroatoms. The van der Waals surface area contributed by atoms with Gasteiger partial charge in [0.1, 0.15) is 5.69 Å². The van der Waals surface area contributed by atoms with Gasteiger partial charge in [-0.15, -0.1) is 0 Å². The molecule has 3 rings (SSSR count). The van der Waals surface area contributed by atoms with Gasteiger partial charge in [0.05, 0.1) is 32.0 Å². The van der Waals surface area contributed by atoms with E-state index in [1.54, 1.807) is 0 Å². The molecule has 1 saturated heterocycles. The van der Waals surface area contributed by atoms with Crippen LogP contribution in [0.1, 0.15) is 41.4 Å². The van der Waals surface area contributed by atoms with Crippen LogP contribution in [-0.4, -0.2) is 59.8 Å². The van der Waals surface area contributed by atoms with Crippen molar-refractivity contribution >= 4 is 5.91 Å². The molecule has 0 aromatic carbocycles. The van der Waals surface area contributed by atoms with Crippen LogP contribution >= 0.6 is 0 Å². The minimum atomic E-state index is -0.216. The number of nitrogens with one attached hydrogen (secondary N) is 2. The second kappa shape index (κ2) is 6.55. The van der Waals surface area contributed by atoms with Crippen LogP contribution in [0.2, 0.25) is 0 Å². The Morgan fingerprint density at radius 1 is 1.52 bits per heavy atom. The van der Waals surface area contributed by atoms with E-state index in [0.717, 1.165) is 18.5 Å². The van der Waals surface area contributed by atoms with Crippen molar-refractivity contribution in [3.63, 3.8) is 0 Å². The Morgan fingerprint density at radius 2 is 2.38 bits per heavy atom. The van der Waals surface area contributed by atoms with Crippen molar-refractivity contribution in [2.75, 3.05) is 26.4 Å². The number of carbonyl (C=O) groups is 1. The van der Waals surface area contributed by atoms with Crippen molar-refractivity contribution in [2.45, 2.75) is 37.3 Å². The van der Waals surface area contributed by atoms with E-state index in [1.807, 2.05) is 6.07 Å². The second-order valence-electron chi connectivity index (χ2n) is 5.56. The maximum absolute atomic E-state index is 12.2. The summed E-state index contributed by atoms with van der Waals surface area (Å²) in [6, 6.07) is 1.61. The first kappa shape index (κ1) is 14.5. The highest BCUT2D eigenvalue weighted by atomic mass is 16.5. The minimum Gasteiger partial charge on any atom is -0.394 e. The van der Waals surface area contributed by atoms with Gasteiger partial charge in [-0.3, -0.25) is 9.89 Å². The average molecular weight is 295 g/mol. The lowest BCUT2D eigenvalue weighted by molar-refractivity contribution is -0.0612. The number of hydrogen-bond donors (Lipinski definition) is 3. The summed E-state index contributed by atoms with van der Waals surface area (Å²) in [5.41, 5.74) is 1.44. The maximum atomic E-state index is 12.2. The fourth-order valence-corrected chi connectivity index (χ4v) is 2.56. The average Bonchev–Trinajstić information content (AvgIpc) is 3.23. The van der Waals surface area contributed by atoms with Crippen LogP contribution in [0, 0.1) is 0 Å². The zero-order valence-corrected chi connectivity index (χ0v) is 11.9. The van der Waals surface area contributed by atoms with Crippen molar-refractivity contribution in [1.29, 1.82) is 0 Å². The predicted molar refractivity (Wildman–Crippen MR) is 74.1 cm³/mol. The number of aliphatic hydroxyl groups excluding tert-OH is 1. The number of aromatic amines is 1. The fraction of sp³-hybridized carbons (Fsp3) is 0.714. The third kappa shape index (κ3) is 3.61. The zero-order valence-electron chi connectivity index (χ0n) is 11.9. The van der Waals surface area contributed by atoms with Crippen LogP contribution in [-0.2, 0) is 9.47 Å². The number of ether oxygens (including phenoxy) is 2. The lowest BCUT2D eigenvalue weighted by Crippen LogP contribution is -2.50. The molecule has 2 aliphatic rings. The summed E-state index contributed by atoms with van der Waals surface area (Å²) < 4.78 is 11.0. The van der Waals surface area contributed by atoms with Gasteiger partial charge in [0.25, 0.3) is 5.91 Å². The Balaban J connectivity index is 1.58. The highest BCUT2D eigenvalue weighted by Gasteiger charge is 2.30. The maximum Gasteiger partial charge on any atom is 0.272 e.